The number of nitrogens with one attached hydrogen (secondary N) is 1. The van der Waals surface area contributed by atoms with Crippen molar-refractivity contribution < 1.29 is 0 Å². The molecular weight excluding hydrogens is 244 g/mol. The monoisotopic (exact) mass is 266 g/mol. The van der Waals surface area contributed by atoms with E-state index in [0.717, 1.165) is 32.6 Å². The molecule has 2 aromatic rings. The van der Waals surface area contributed by atoms with Gasteiger partial charge in [0.25, 0.3) is 0 Å². The van der Waals surface area contributed by atoms with Crippen LogP contribution >= 0.6 is 0 Å². The molecule has 104 valence electrons. The van der Waals surface area contributed by atoms with Crippen LogP contribution in [0.15, 0.2) is 60.7 Å². The summed E-state index contributed by atoms with van der Waals surface area (Å²) in [5, 5.41) is 3.64. The van der Waals surface area contributed by atoms with E-state index in [-0.39, 0.29) is 0 Å². The van der Waals surface area contributed by atoms with Gasteiger partial charge in [0, 0.05) is 32.2 Å². The number of benzene rings is 2. The van der Waals surface area contributed by atoms with E-state index >= 15 is 0 Å². The van der Waals surface area contributed by atoms with Crippen LogP contribution in [0, 0.1) is 0 Å². The van der Waals surface area contributed by atoms with Gasteiger partial charge in [0.1, 0.15) is 0 Å². The Morgan fingerprint density at radius 3 is 2.25 bits per heavy atom. The Balaban J connectivity index is 1.57. The van der Waals surface area contributed by atoms with E-state index in [1.807, 2.05) is 0 Å². The van der Waals surface area contributed by atoms with Crippen molar-refractivity contribution >= 4 is 0 Å². The van der Waals surface area contributed by atoms with Crippen LogP contribution in [0.1, 0.15) is 11.1 Å². The fraction of sp³-hybridized carbons (Fsp3) is 0.333. The highest BCUT2D eigenvalue weighted by molar-refractivity contribution is 5.17. The molecule has 20 heavy (non-hydrogen) atoms. The summed E-state index contributed by atoms with van der Waals surface area (Å²) in [5.74, 6) is 0. The van der Waals surface area contributed by atoms with Crippen molar-refractivity contribution in [3.8, 4) is 0 Å². The summed E-state index contributed by atoms with van der Waals surface area (Å²) in [6.45, 7) is 4.42. The van der Waals surface area contributed by atoms with Crippen LogP contribution in [0.2, 0.25) is 0 Å². The lowest BCUT2D eigenvalue weighted by Gasteiger charge is -2.33. The summed E-state index contributed by atoms with van der Waals surface area (Å²) in [6.07, 6.45) is 1.12. The first-order chi connectivity index (χ1) is 9.90. The highest BCUT2D eigenvalue weighted by atomic mass is 15.2. The summed E-state index contributed by atoms with van der Waals surface area (Å²) in [4.78, 5) is 2.55. The van der Waals surface area contributed by atoms with Gasteiger partial charge in [-0.05, 0) is 17.5 Å². The van der Waals surface area contributed by atoms with Crippen molar-refractivity contribution in [2.75, 3.05) is 19.6 Å². The molecule has 1 N–H and O–H groups in total. The fourth-order valence-electron chi connectivity index (χ4n) is 2.91. The summed E-state index contributed by atoms with van der Waals surface area (Å²) in [7, 11) is 0. The Morgan fingerprint density at radius 2 is 1.55 bits per heavy atom. The molecule has 0 amide bonds. The molecule has 1 fully saturated rings. The normalized spacial score (nSPS) is 19.9. The Hall–Kier alpha value is -1.64. The molecule has 0 saturated carbocycles. The molecule has 0 aliphatic carbocycles. The Kier molecular flexibility index (Phi) is 4.46. The molecule has 0 bridgehead atoms. The summed E-state index contributed by atoms with van der Waals surface area (Å²) in [6, 6.07) is 22.1. The topological polar surface area (TPSA) is 15.3 Å². The average Bonchev–Trinajstić information content (AvgIpc) is 2.50. The zero-order valence-electron chi connectivity index (χ0n) is 11.8. The van der Waals surface area contributed by atoms with E-state index < -0.39 is 0 Å². The highest BCUT2D eigenvalue weighted by Crippen LogP contribution is 2.10. The van der Waals surface area contributed by atoms with E-state index in [1.165, 1.54) is 11.1 Å². The van der Waals surface area contributed by atoms with Gasteiger partial charge >= 0.3 is 0 Å². The Morgan fingerprint density at radius 1 is 0.900 bits per heavy atom. The second-order valence-electron chi connectivity index (χ2n) is 5.56. The van der Waals surface area contributed by atoms with Gasteiger partial charge in [-0.1, -0.05) is 60.7 Å². The van der Waals surface area contributed by atoms with Crippen LogP contribution in [0.3, 0.4) is 0 Å². The van der Waals surface area contributed by atoms with Gasteiger partial charge in [0.05, 0.1) is 0 Å². The molecule has 2 heteroatoms. The summed E-state index contributed by atoms with van der Waals surface area (Å²) < 4.78 is 0. The number of nitrogens with zero attached hydrogens (tertiary/aromatic N) is 1. The van der Waals surface area contributed by atoms with Gasteiger partial charge in [-0.25, -0.2) is 0 Å². The standard InChI is InChI=1S/C18H22N2/c1-3-7-16(8-4-1)13-18-15-20(12-11-19-18)14-17-9-5-2-6-10-17/h1-10,18-19H,11-15H2/t18-/m0/s1. The van der Waals surface area contributed by atoms with Gasteiger partial charge in [-0.3, -0.25) is 4.90 Å². The Labute approximate surface area is 121 Å². The third-order valence-corrected chi connectivity index (χ3v) is 3.91. The quantitative estimate of drug-likeness (QED) is 0.915. The van der Waals surface area contributed by atoms with Crippen molar-refractivity contribution in [2.45, 2.75) is 19.0 Å². The molecule has 2 nitrogen and oxygen atoms in total. The molecule has 0 radical (unpaired) electrons. The van der Waals surface area contributed by atoms with Crippen molar-refractivity contribution in [2.24, 2.45) is 0 Å². The minimum Gasteiger partial charge on any atom is -0.311 e. The maximum absolute atomic E-state index is 3.64. The zero-order chi connectivity index (χ0) is 13.6. The average molecular weight is 266 g/mol. The van der Waals surface area contributed by atoms with Crippen LogP contribution in [-0.4, -0.2) is 30.6 Å². The molecule has 0 aromatic heterocycles. The lowest BCUT2D eigenvalue weighted by atomic mass is 10.0. The smallest absolute Gasteiger partial charge is 0.0236 e. The van der Waals surface area contributed by atoms with Crippen LogP contribution in [0.25, 0.3) is 0 Å². The van der Waals surface area contributed by atoms with Gasteiger partial charge in [-0.2, -0.15) is 0 Å². The summed E-state index contributed by atoms with van der Waals surface area (Å²) >= 11 is 0. The first kappa shape index (κ1) is 13.3. The molecule has 1 atom stereocenters. The van der Waals surface area contributed by atoms with E-state index in [4.69, 9.17) is 0 Å². The van der Waals surface area contributed by atoms with Crippen molar-refractivity contribution in [3.63, 3.8) is 0 Å². The van der Waals surface area contributed by atoms with Crippen LogP contribution < -0.4 is 5.32 Å². The van der Waals surface area contributed by atoms with Crippen molar-refractivity contribution in [3.05, 3.63) is 71.8 Å². The third-order valence-electron chi connectivity index (χ3n) is 3.91. The Bertz CT molecular complexity index is 462. The molecule has 2 aromatic carbocycles. The largest absolute Gasteiger partial charge is 0.311 e. The number of hydrogen-bond donors (Lipinski definition) is 1. The fourth-order valence-corrected chi connectivity index (χ4v) is 2.91. The van der Waals surface area contributed by atoms with E-state index in [9.17, 15) is 0 Å². The number of hydrogen-bond acceptors (Lipinski definition) is 2. The first-order valence-corrected chi connectivity index (χ1v) is 7.44. The summed E-state index contributed by atoms with van der Waals surface area (Å²) in [5.41, 5.74) is 2.83. The SMILES string of the molecule is c1ccc(C[C@H]2CN(Cc3ccccc3)CCN2)cc1. The third kappa shape index (κ3) is 3.69. The van der Waals surface area contributed by atoms with Crippen molar-refractivity contribution in [1.82, 2.24) is 10.2 Å². The maximum Gasteiger partial charge on any atom is 0.0236 e. The molecule has 1 saturated heterocycles. The van der Waals surface area contributed by atoms with Crippen LogP contribution in [0.4, 0.5) is 0 Å². The predicted octanol–water partition coefficient (Wildman–Crippen LogP) is 2.70. The van der Waals surface area contributed by atoms with E-state index in [1.54, 1.807) is 0 Å². The van der Waals surface area contributed by atoms with Gasteiger partial charge in [-0.15, -0.1) is 0 Å². The molecule has 1 aliphatic rings. The van der Waals surface area contributed by atoms with Gasteiger partial charge < -0.3 is 5.32 Å². The first-order valence-electron chi connectivity index (χ1n) is 7.44. The van der Waals surface area contributed by atoms with Crippen molar-refractivity contribution in [1.29, 1.82) is 0 Å². The minimum atomic E-state index is 0.565. The van der Waals surface area contributed by atoms with Crippen LogP contribution in [-0.2, 0) is 13.0 Å². The second kappa shape index (κ2) is 6.69. The molecule has 3 rings (SSSR count). The van der Waals surface area contributed by atoms with Crippen LogP contribution in [0.5, 0.6) is 0 Å². The number of piperazine rings is 1. The molecular formula is C18H22N2. The van der Waals surface area contributed by atoms with E-state index in [2.05, 4.69) is 70.9 Å². The van der Waals surface area contributed by atoms with Gasteiger partial charge in [0.15, 0.2) is 0 Å². The molecule has 0 unspecified atom stereocenters. The predicted molar refractivity (Wildman–Crippen MR) is 83.7 cm³/mol. The van der Waals surface area contributed by atoms with Gasteiger partial charge in [0.2, 0.25) is 0 Å². The number of rotatable bonds is 4. The molecule has 1 heterocycles. The van der Waals surface area contributed by atoms with E-state index in [0.29, 0.717) is 6.04 Å². The molecule has 0 spiro atoms. The maximum atomic E-state index is 3.64. The lowest BCUT2D eigenvalue weighted by molar-refractivity contribution is 0.192. The minimum absolute atomic E-state index is 0.565. The molecule has 1 aliphatic heterocycles. The zero-order valence-corrected chi connectivity index (χ0v) is 11.8. The second-order valence-corrected chi connectivity index (χ2v) is 5.56. The highest BCUT2D eigenvalue weighted by Gasteiger charge is 2.19. The lowest BCUT2D eigenvalue weighted by Crippen LogP contribution is -2.51.